The summed E-state index contributed by atoms with van der Waals surface area (Å²) >= 11 is 0. The molecule has 1 heterocycles. The molecule has 0 radical (unpaired) electrons. The summed E-state index contributed by atoms with van der Waals surface area (Å²) in [6.07, 6.45) is 1.26. The number of allylic oxidation sites excluding steroid dienone is 1. The lowest BCUT2D eigenvalue weighted by atomic mass is 10.00. The van der Waals surface area contributed by atoms with Crippen molar-refractivity contribution in [1.29, 1.82) is 0 Å². The van der Waals surface area contributed by atoms with Crippen molar-refractivity contribution in [3.8, 4) is 23.0 Å². The molecule has 11 heteroatoms. The summed E-state index contributed by atoms with van der Waals surface area (Å²) in [5, 5.41) is 20.5. The predicted molar refractivity (Wildman–Crippen MR) is 144 cm³/mol. The molecule has 2 atom stereocenters. The Labute approximate surface area is 230 Å². The van der Waals surface area contributed by atoms with Gasteiger partial charge in [0, 0.05) is 17.8 Å². The van der Waals surface area contributed by atoms with Gasteiger partial charge in [-0.15, -0.1) is 0 Å². The Morgan fingerprint density at radius 2 is 1.75 bits per heavy atom. The Morgan fingerprint density at radius 1 is 0.975 bits per heavy atom. The van der Waals surface area contributed by atoms with Crippen LogP contribution in [0.15, 0.2) is 84.9 Å². The minimum Gasteiger partial charge on any atom is -0.491 e. The van der Waals surface area contributed by atoms with Gasteiger partial charge in [-0.25, -0.2) is 10.3 Å². The molecule has 0 spiro atoms. The molecule has 0 unspecified atom stereocenters. The van der Waals surface area contributed by atoms with Crippen molar-refractivity contribution in [3.05, 3.63) is 90.5 Å². The molecule has 0 saturated carbocycles. The summed E-state index contributed by atoms with van der Waals surface area (Å²) in [6, 6.07) is 21.0. The van der Waals surface area contributed by atoms with Crippen LogP contribution in [0.2, 0.25) is 0 Å². The lowest BCUT2D eigenvalue weighted by Gasteiger charge is -2.28. The van der Waals surface area contributed by atoms with Crippen LogP contribution in [-0.2, 0) is 9.53 Å². The number of para-hydroxylation sites is 1. The third kappa shape index (κ3) is 8.13. The van der Waals surface area contributed by atoms with E-state index in [0.717, 1.165) is 0 Å². The number of amides is 2. The summed E-state index contributed by atoms with van der Waals surface area (Å²) in [6.45, 7) is 0.128. The van der Waals surface area contributed by atoms with Gasteiger partial charge >= 0.3 is 6.09 Å². The van der Waals surface area contributed by atoms with E-state index in [0.29, 0.717) is 47.1 Å². The second-order valence-electron chi connectivity index (χ2n) is 8.59. The van der Waals surface area contributed by atoms with E-state index in [1.165, 1.54) is 6.08 Å². The number of fused-ring (bicyclic) bond motifs is 1. The van der Waals surface area contributed by atoms with Gasteiger partial charge in [-0.3, -0.25) is 15.3 Å². The Morgan fingerprint density at radius 3 is 2.50 bits per heavy atom. The number of carbonyl (C=O) groups is 2. The second-order valence-corrected chi connectivity index (χ2v) is 8.59. The lowest BCUT2D eigenvalue weighted by Crippen LogP contribution is -2.31. The number of aliphatic hydroxyl groups is 1. The number of hydrogen-bond acceptors (Lipinski definition) is 9. The molecule has 11 nitrogen and oxygen atoms in total. The molecule has 0 aliphatic carbocycles. The van der Waals surface area contributed by atoms with E-state index in [-0.39, 0.29) is 20.0 Å². The highest BCUT2D eigenvalue weighted by Crippen LogP contribution is 2.35. The fourth-order valence-electron chi connectivity index (χ4n) is 3.95. The van der Waals surface area contributed by atoms with E-state index in [2.05, 4.69) is 5.32 Å². The Kier molecular flexibility index (Phi) is 10.2. The highest BCUT2D eigenvalue weighted by atomic mass is 16.7. The van der Waals surface area contributed by atoms with Gasteiger partial charge in [-0.2, -0.15) is 0 Å². The van der Waals surface area contributed by atoms with Crippen molar-refractivity contribution in [1.82, 2.24) is 5.48 Å². The van der Waals surface area contributed by atoms with Crippen LogP contribution in [0.5, 0.6) is 23.0 Å². The lowest BCUT2D eigenvalue weighted by molar-refractivity contribution is -0.124. The summed E-state index contributed by atoms with van der Waals surface area (Å²) < 4.78 is 28.4. The van der Waals surface area contributed by atoms with Gasteiger partial charge in [0.05, 0.1) is 6.61 Å². The minimum absolute atomic E-state index is 0.107. The molecule has 4 N–H and O–H groups in total. The average molecular weight is 551 g/mol. The number of benzene rings is 3. The van der Waals surface area contributed by atoms with Gasteiger partial charge in [0.1, 0.15) is 24.2 Å². The van der Waals surface area contributed by atoms with Crippen molar-refractivity contribution in [2.75, 3.05) is 25.3 Å². The SMILES string of the molecule is O=C(/C=C/CC[C@@H](Oc1ccccc1)[C@H](OC(=O)Nc1ccc2c(c1)OCO2)c1ccc(OCCO)cc1)NO. The molecule has 40 heavy (non-hydrogen) atoms. The van der Waals surface area contributed by atoms with Gasteiger partial charge in [0.15, 0.2) is 17.6 Å². The largest absolute Gasteiger partial charge is 0.491 e. The molecule has 1 aliphatic heterocycles. The number of ether oxygens (including phenoxy) is 5. The monoisotopic (exact) mass is 550 g/mol. The molecule has 3 aromatic carbocycles. The quantitative estimate of drug-likeness (QED) is 0.139. The van der Waals surface area contributed by atoms with Crippen molar-refractivity contribution in [2.45, 2.75) is 25.0 Å². The zero-order valence-corrected chi connectivity index (χ0v) is 21.5. The third-order valence-corrected chi connectivity index (χ3v) is 5.79. The Balaban J connectivity index is 1.58. The number of hydroxylamine groups is 1. The molecule has 1 aliphatic rings. The maximum Gasteiger partial charge on any atom is 0.412 e. The fraction of sp³-hybridized carbons (Fsp3) is 0.241. The van der Waals surface area contributed by atoms with Gasteiger partial charge in [-0.05, 0) is 54.8 Å². The number of hydrogen-bond donors (Lipinski definition) is 4. The molecule has 0 fully saturated rings. The molecule has 210 valence electrons. The summed E-state index contributed by atoms with van der Waals surface area (Å²) in [7, 11) is 0. The number of rotatable bonds is 13. The van der Waals surface area contributed by atoms with Crippen LogP contribution >= 0.6 is 0 Å². The molecular weight excluding hydrogens is 520 g/mol. The van der Waals surface area contributed by atoms with E-state index in [1.54, 1.807) is 66.2 Å². The number of anilines is 1. The van der Waals surface area contributed by atoms with E-state index in [1.807, 2.05) is 18.2 Å². The first kappa shape index (κ1) is 28.3. The van der Waals surface area contributed by atoms with Crippen LogP contribution in [0.25, 0.3) is 0 Å². The van der Waals surface area contributed by atoms with Crippen LogP contribution in [0.4, 0.5) is 10.5 Å². The van der Waals surface area contributed by atoms with Crippen molar-refractivity contribution in [3.63, 3.8) is 0 Å². The average Bonchev–Trinajstić information content (AvgIpc) is 3.45. The van der Waals surface area contributed by atoms with Crippen LogP contribution in [0.3, 0.4) is 0 Å². The van der Waals surface area contributed by atoms with Crippen LogP contribution in [0, 0.1) is 0 Å². The number of carbonyl (C=O) groups excluding carboxylic acids is 2. The van der Waals surface area contributed by atoms with Crippen molar-refractivity contribution in [2.24, 2.45) is 0 Å². The maximum atomic E-state index is 13.1. The van der Waals surface area contributed by atoms with Gasteiger partial charge in [0.2, 0.25) is 6.79 Å². The summed E-state index contributed by atoms with van der Waals surface area (Å²) in [5.41, 5.74) is 2.64. The van der Waals surface area contributed by atoms with E-state index < -0.39 is 24.2 Å². The highest BCUT2D eigenvalue weighted by Gasteiger charge is 2.29. The number of nitrogens with one attached hydrogen (secondary N) is 2. The van der Waals surface area contributed by atoms with Crippen LogP contribution in [-0.4, -0.2) is 48.4 Å². The normalized spacial score (nSPS) is 13.3. The Hall–Kier alpha value is -4.74. The summed E-state index contributed by atoms with van der Waals surface area (Å²) in [4.78, 5) is 24.5. The smallest absolute Gasteiger partial charge is 0.412 e. The first-order chi connectivity index (χ1) is 19.6. The maximum absolute atomic E-state index is 13.1. The topological polar surface area (TPSA) is 145 Å². The molecule has 3 aromatic rings. The van der Waals surface area contributed by atoms with Crippen LogP contribution in [0.1, 0.15) is 24.5 Å². The molecular formula is C29H30N2O9. The second kappa shape index (κ2) is 14.4. The van der Waals surface area contributed by atoms with E-state index in [4.69, 9.17) is 34.0 Å². The van der Waals surface area contributed by atoms with E-state index >= 15 is 0 Å². The molecule has 4 rings (SSSR count). The third-order valence-electron chi connectivity index (χ3n) is 5.79. The number of aliphatic hydroxyl groups excluding tert-OH is 1. The molecule has 0 saturated heterocycles. The standard InChI is InChI=1S/C29H30N2O9/c32-16-17-36-22-13-10-20(11-14-22)28(40-29(34)30-21-12-15-24-26(18-21)38-19-37-24)25(8-4-5-9-27(33)31-35)39-23-6-2-1-3-7-23/h1-3,5-7,9-15,18,25,28,32,35H,4,8,16-17,19H2,(H,30,34)(H,31,33)/b9-5+/t25-,28-/m1/s1. The summed E-state index contributed by atoms with van der Waals surface area (Å²) in [5.74, 6) is 1.54. The first-order valence-electron chi connectivity index (χ1n) is 12.6. The van der Waals surface area contributed by atoms with Crippen molar-refractivity contribution < 1.29 is 43.6 Å². The molecule has 0 bridgehead atoms. The van der Waals surface area contributed by atoms with Gasteiger partial charge in [-0.1, -0.05) is 36.4 Å². The predicted octanol–water partition coefficient (Wildman–Crippen LogP) is 4.37. The zero-order chi connectivity index (χ0) is 28.2. The molecule has 2 amide bonds. The first-order valence-corrected chi connectivity index (χ1v) is 12.6. The van der Waals surface area contributed by atoms with Gasteiger partial charge in [0.25, 0.3) is 5.91 Å². The zero-order valence-electron chi connectivity index (χ0n) is 21.5. The Bertz CT molecular complexity index is 1280. The minimum atomic E-state index is -0.874. The highest BCUT2D eigenvalue weighted by molar-refractivity contribution is 5.86. The molecule has 0 aromatic heterocycles. The van der Waals surface area contributed by atoms with E-state index in [9.17, 15) is 9.59 Å². The fourth-order valence-corrected chi connectivity index (χ4v) is 3.95. The van der Waals surface area contributed by atoms with Crippen molar-refractivity contribution >= 4 is 17.7 Å². The van der Waals surface area contributed by atoms with Crippen LogP contribution < -0.4 is 29.7 Å². The van der Waals surface area contributed by atoms with Gasteiger partial charge < -0.3 is 28.8 Å².